The number of hydrogen-bond acceptors (Lipinski definition) is 3. The second kappa shape index (κ2) is 6.50. The molecule has 1 aliphatic heterocycles. The second-order valence-corrected chi connectivity index (χ2v) is 5.69. The first-order valence-corrected chi connectivity index (χ1v) is 7.11. The van der Waals surface area contributed by atoms with E-state index < -0.39 is 0 Å². The van der Waals surface area contributed by atoms with Crippen LogP contribution in [0.3, 0.4) is 0 Å². The van der Waals surface area contributed by atoms with Crippen LogP contribution in [0.2, 0.25) is 0 Å². The first-order chi connectivity index (χ1) is 8.66. The van der Waals surface area contributed by atoms with E-state index in [0.717, 1.165) is 42.8 Å². The molecule has 1 unspecified atom stereocenters. The Morgan fingerprint density at radius 1 is 1.61 bits per heavy atom. The SMILES string of the molecule is Cc1cc(Br)cn(CCNCC2CCOC2)c1=O. The molecular formula is C13H19BrN2O2. The van der Waals surface area contributed by atoms with Gasteiger partial charge in [-0.3, -0.25) is 4.79 Å². The van der Waals surface area contributed by atoms with Crippen molar-refractivity contribution < 1.29 is 4.74 Å². The maximum atomic E-state index is 11.9. The molecule has 0 amide bonds. The molecule has 18 heavy (non-hydrogen) atoms. The lowest BCUT2D eigenvalue weighted by atomic mass is 10.1. The van der Waals surface area contributed by atoms with Gasteiger partial charge in [0.1, 0.15) is 0 Å². The lowest BCUT2D eigenvalue weighted by molar-refractivity contribution is 0.185. The van der Waals surface area contributed by atoms with Gasteiger partial charge in [0.25, 0.3) is 5.56 Å². The third-order valence-corrected chi connectivity index (χ3v) is 3.65. The number of nitrogens with zero attached hydrogens (tertiary/aromatic N) is 1. The molecule has 1 saturated heterocycles. The van der Waals surface area contributed by atoms with Gasteiger partial charge in [-0.25, -0.2) is 0 Å². The Morgan fingerprint density at radius 2 is 2.44 bits per heavy atom. The molecule has 0 radical (unpaired) electrons. The van der Waals surface area contributed by atoms with Crippen molar-refractivity contribution in [2.24, 2.45) is 5.92 Å². The average molecular weight is 315 g/mol. The molecule has 4 nitrogen and oxygen atoms in total. The Kier molecular flexibility index (Phi) is 4.97. The zero-order valence-electron chi connectivity index (χ0n) is 10.6. The molecule has 0 saturated carbocycles. The zero-order chi connectivity index (χ0) is 13.0. The molecule has 0 spiro atoms. The van der Waals surface area contributed by atoms with Crippen LogP contribution in [0.4, 0.5) is 0 Å². The molecule has 5 heteroatoms. The second-order valence-electron chi connectivity index (χ2n) is 4.77. The monoisotopic (exact) mass is 314 g/mol. The maximum Gasteiger partial charge on any atom is 0.253 e. The number of hydrogen-bond donors (Lipinski definition) is 1. The number of aryl methyl sites for hydroxylation is 1. The summed E-state index contributed by atoms with van der Waals surface area (Å²) in [5, 5.41) is 3.39. The summed E-state index contributed by atoms with van der Waals surface area (Å²) in [5.74, 6) is 0.631. The summed E-state index contributed by atoms with van der Waals surface area (Å²) in [6, 6.07) is 1.85. The van der Waals surface area contributed by atoms with Crippen LogP contribution in [0.25, 0.3) is 0 Å². The van der Waals surface area contributed by atoms with Crippen LogP contribution < -0.4 is 10.9 Å². The van der Waals surface area contributed by atoms with E-state index in [1.807, 2.05) is 19.2 Å². The highest BCUT2D eigenvalue weighted by atomic mass is 79.9. The van der Waals surface area contributed by atoms with Crippen LogP contribution in [0.5, 0.6) is 0 Å². The van der Waals surface area contributed by atoms with E-state index in [1.165, 1.54) is 0 Å². The first kappa shape index (κ1) is 13.8. The molecule has 100 valence electrons. The first-order valence-electron chi connectivity index (χ1n) is 6.32. The smallest absolute Gasteiger partial charge is 0.253 e. The van der Waals surface area contributed by atoms with E-state index in [1.54, 1.807) is 4.57 Å². The van der Waals surface area contributed by atoms with E-state index in [9.17, 15) is 4.79 Å². The van der Waals surface area contributed by atoms with Gasteiger partial charge in [-0.2, -0.15) is 0 Å². The molecule has 0 aromatic carbocycles. The Morgan fingerprint density at radius 3 is 3.17 bits per heavy atom. The van der Waals surface area contributed by atoms with Crippen molar-refractivity contribution in [1.82, 2.24) is 9.88 Å². The van der Waals surface area contributed by atoms with E-state index in [0.29, 0.717) is 12.5 Å². The van der Waals surface area contributed by atoms with Crippen molar-refractivity contribution in [1.29, 1.82) is 0 Å². The number of rotatable bonds is 5. The number of ether oxygens (including phenoxy) is 1. The Labute approximate surface area is 115 Å². The van der Waals surface area contributed by atoms with Gasteiger partial charge in [0.05, 0.1) is 6.61 Å². The normalized spacial score (nSPS) is 19.3. The highest BCUT2D eigenvalue weighted by Crippen LogP contribution is 2.10. The van der Waals surface area contributed by atoms with Crippen LogP contribution in [0.15, 0.2) is 21.5 Å². The standard InChI is InChI=1S/C13H19BrN2O2/c1-10-6-12(14)8-16(13(10)17)4-3-15-7-11-2-5-18-9-11/h6,8,11,15H,2-5,7,9H2,1H3. The van der Waals surface area contributed by atoms with Gasteiger partial charge in [-0.1, -0.05) is 0 Å². The van der Waals surface area contributed by atoms with Crippen LogP contribution in [0, 0.1) is 12.8 Å². The minimum Gasteiger partial charge on any atom is -0.381 e. The Bertz CT molecular complexity index is 453. The average Bonchev–Trinajstić information content (AvgIpc) is 2.83. The van der Waals surface area contributed by atoms with Crippen molar-refractivity contribution in [3.63, 3.8) is 0 Å². The number of pyridine rings is 1. The van der Waals surface area contributed by atoms with E-state index in [-0.39, 0.29) is 5.56 Å². The fourth-order valence-electron chi connectivity index (χ4n) is 2.16. The summed E-state index contributed by atoms with van der Waals surface area (Å²) in [4.78, 5) is 11.9. The third-order valence-electron chi connectivity index (χ3n) is 3.22. The van der Waals surface area contributed by atoms with Gasteiger partial charge in [0.2, 0.25) is 0 Å². The van der Waals surface area contributed by atoms with Crippen molar-refractivity contribution in [3.8, 4) is 0 Å². The Hall–Kier alpha value is -0.650. The fraction of sp³-hybridized carbons (Fsp3) is 0.615. The Balaban J connectivity index is 1.81. The van der Waals surface area contributed by atoms with Crippen molar-refractivity contribution in [3.05, 3.63) is 32.7 Å². The molecule has 1 atom stereocenters. The van der Waals surface area contributed by atoms with E-state index >= 15 is 0 Å². The van der Waals surface area contributed by atoms with E-state index in [4.69, 9.17) is 4.74 Å². The lowest BCUT2D eigenvalue weighted by Crippen LogP contribution is -2.30. The topological polar surface area (TPSA) is 43.3 Å². The van der Waals surface area contributed by atoms with Gasteiger partial charge >= 0.3 is 0 Å². The summed E-state index contributed by atoms with van der Waals surface area (Å²) in [5.41, 5.74) is 0.859. The fourth-order valence-corrected chi connectivity index (χ4v) is 2.75. The maximum absolute atomic E-state index is 11.9. The van der Waals surface area contributed by atoms with Gasteiger partial charge < -0.3 is 14.6 Å². The molecule has 2 heterocycles. The summed E-state index contributed by atoms with van der Waals surface area (Å²) >= 11 is 3.41. The van der Waals surface area contributed by atoms with Crippen molar-refractivity contribution >= 4 is 15.9 Å². The summed E-state index contributed by atoms with van der Waals surface area (Å²) in [7, 11) is 0. The van der Waals surface area contributed by atoms with E-state index in [2.05, 4.69) is 21.2 Å². The van der Waals surface area contributed by atoms with Crippen LogP contribution >= 0.6 is 15.9 Å². The van der Waals surface area contributed by atoms with Gasteiger partial charge in [0, 0.05) is 42.5 Å². The molecule has 1 aromatic rings. The summed E-state index contributed by atoms with van der Waals surface area (Å²) in [6.45, 7) is 6.08. The largest absolute Gasteiger partial charge is 0.381 e. The van der Waals surface area contributed by atoms with Crippen LogP contribution in [-0.2, 0) is 11.3 Å². The summed E-state index contributed by atoms with van der Waals surface area (Å²) in [6.07, 6.45) is 2.98. The molecular weight excluding hydrogens is 296 g/mol. The van der Waals surface area contributed by atoms with Crippen molar-refractivity contribution in [2.45, 2.75) is 19.9 Å². The third kappa shape index (κ3) is 3.67. The lowest BCUT2D eigenvalue weighted by Gasteiger charge is -2.11. The molecule has 1 N–H and O–H groups in total. The molecule has 1 aliphatic rings. The summed E-state index contributed by atoms with van der Waals surface area (Å²) < 4.78 is 8.02. The quantitative estimate of drug-likeness (QED) is 0.839. The van der Waals surface area contributed by atoms with Gasteiger partial charge in [-0.05, 0) is 41.3 Å². The minimum atomic E-state index is 0.0872. The molecule has 0 bridgehead atoms. The van der Waals surface area contributed by atoms with Crippen LogP contribution in [-0.4, -0.2) is 30.9 Å². The van der Waals surface area contributed by atoms with Crippen LogP contribution in [0.1, 0.15) is 12.0 Å². The predicted molar refractivity (Wildman–Crippen MR) is 74.9 cm³/mol. The molecule has 0 aliphatic carbocycles. The molecule has 1 aromatic heterocycles. The molecule has 1 fully saturated rings. The number of aromatic nitrogens is 1. The zero-order valence-corrected chi connectivity index (χ0v) is 12.2. The predicted octanol–water partition coefficient (Wildman–Crippen LogP) is 1.55. The number of nitrogens with one attached hydrogen (secondary N) is 1. The minimum absolute atomic E-state index is 0.0872. The van der Waals surface area contributed by atoms with Gasteiger partial charge in [0.15, 0.2) is 0 Å². The van der Waals surface area contributed by atoms with Crippen molar-refractivity contribution in [2.75, 3.05) is 26.3 Å². The van der Waals surface area contributed by atoms with Gasteiger partial charge in [-0.15, -0.1) is 0 Å². The molecule has 2 rings (SSSR count). The number of halogens is 1. The highest BCUT2D eigenvalue weighted by molar-refractivity contribution is 9.10. The highest BCUT2D eigenvalue weighted by Gasteiger charge is 2.14.